The van der Waals surface area contributed by atoms with Crippen LogP contribution in [0.15, 0.2) is 48.5 Å². The number of aryl methyl sites for hydroxylation is 1. The van der Waals surface area contributed by atoms with Crippen LogP contribution in [0.5, 0.6) is 5.75 Å². The van der Waals surface area contributed by atoms with Crippen LogP contribution in [-0.4, -0.2) is 40.3 Å². The molecule has 1 N–H and O–H groups in total. The van der Waals surface area contributed by atoms with Crippen LogP contribution in [0.3, 0.4) is 0 Å². The van der Waals surface area contributed by atoms with Gasteiger partial charge < -0.3 is 10.1 Å². The zero-order valence-corrected chi connectivity index (χ0v) is 18.5. The number of halogens is 1. The van der Waals surface area contributed by atoms with E-state index < -0.39 is 16.1 Å². The summed E-state index contributed by atoms with van der Waals surface area (Å²) in [6, 6.07) is 13.3. The second-order valence-corrected chi connectivity index (χ2v) is 8.93. The summed E-state index contributed by atoms with van der Waals surface area (Å²) >= 11 is 6.15. The maximum atomic E-state index is 12.8. The summed E-state index contributed by atoms with van der Waals surface area (Å²) in [5, 5.41) is 3.56. The largest absolute Gasteiger partial charge is 0.497 e. The number of nitrogens with one attached hydrogen (secondary N) is 1. The molecule has 0 aliphatic rings. The van der Waals surface area contributed by atoms with E-state index in [9.17, 15) is 13.2 Å². The Kier molecular flexibility index (Phi) is 8.34. The van der Waals surface area contributed by atoms with Gasteiger partial charge in [-0.1, -0.05) is 36.7 Å². The first kappa shape index (κ1) is 23.0. The minimum absolute atomic E-state index is 0.326. The number of carbonyl (C=O) groups is 1. The van der Waals surface area contributed by atoms with E-state index in [0.29, 0.717) is 35.8 Å². The topological polar surface area (TPSA) is 75.7 Å². The molecule has 0 aliphatic carbocycles. The predicted octanol–water partition coefficient (Wildman–Crippen LogP) is 3.64. The molecular weight excluding hydrogens is 412 g/mol. The summed E-state index contributed by atoms with van der Waals surface area (Å²) in [7, 11) is -2.12. The fourth-order valence-corrected chi connectivity index (χ4v) is 4.54. The summed E-state index contributed by atoms with van der Waals surface area (Å²) in [5.74, 6) is 0.284. The molecule has 0 radical (unpaired) electrons. The molecule has 2 rings (SSSR count). The lowest BCUT2D eigenvalue weighted by Gasteiger charge is -2.30. The number of carbonyl (C=O) groups excluding carboxylic acids is 1. The molecule has 0 fully saturated rings. The fraction of sp³-hybridized carbons (Fsp3) is 0.381. The number of nitrogens with zero attached hydrogens (tertiary/aromatic N) is 1. The first-order valence-corrected chi connectivity index (χ1v) is 11.6. The Morgan fingerprint density at radius 3 is 2.38 bits per heavy atom. The number of benzene rings is 2. The standard InChI is InChI=1S/C21H27ClN2O4S/c1-4-20(21(25)23-15-7-9-16-8-5-6-10-19(16)22)24(29(3,26)27)17-11-13-18(28-2)14-12-17/h5-6,8,10-14,20H,4,7,9,15H2,1-3H3,(H,23,25)/t20-/m1/s1. The third kappa shape index (κ3) is 6.37. The number of hydrogen-bond donors (Lipinski definition) is 1. The van der Waals surface area contributed by atoms with Crippen LogP contribution in [0, 0.1) is 0 Å². The van der Waals surface area contributed by atoms with Gasteiger partial charge >= 0.3 is 0 Å². The van der Waals surface area contributed by atoms with Gasteiger partial charge in [0.25, 0.3) is 0 Å². The predicted molar refractivity (Wildman–Crippen MR) is 117 cm³/mol. The Bertz CT molecular complexity index is 917. The van der Waals surface area contributed by atoms with Crippen LogP contribution in [0.2, 0.25) is 5.02 Å². The summed E-state index contributed by atoms with van der Waals surface area (Å²) in [6.45, 7) is 2.22. The van der Waals surface area contributed by atoms with Crippen LogP contribution in [-0.2, 0) is 21.2 Å². The van der Waals surface area contributed by atoms with Gasteiger partial charge in [0.2, 0.25) is 15.9 Å². The first-order chi connectivity index (χ1) is 13.8. The lowest BCUT2D eigenvalue weighted by Crippen LogP contribution is -2.49. The normalized spacial score (nSPS) is 12.3. The molecule has 1 atom stereocenters. The van der Waals surface area contributed by atoms with Gasteiger partial charge in [0, 0.05) is 11.6 Å². The molecule has 1 amide bonds. The zero-order valence-electron chi connectivity index (χ0n) is 16.9. The monoisotopic (exact) mass is 438 g/mol. The molecule has 0 heterocycles. The second kappa shape index (κ2) is 10.5. The Morgan fingerprint density at radius 1 is 1.17 bits per heavy atom. The summed E-state index contributed by atoms with van der Waals surface area (Å²) in [5.41, 5.74) is 1.44. The molecule has 0 saturated heterocycles. The van der Waals surface area contributed by atoms with E-state index in [-0.39, 0.29) is 5.91 Å². The van der Waals surface area contributed by atoms with Gasteiger partial charge in [-0.2, -0.15) is 0 Å². The van der Waals surface area contributed by atoms with E-state index >= 15 is 0 Å². The van der Waals surface area contributed by atoms with Crippen molar-refractivity contribution in [3.8, 4) is 5.75 Å². The molecule has 0 saturated carbocycles. The third-order valence-electron chi connectivity index (χ3n) is 4.54. The van der Waals surface area contributed by atoms with E-state index in [2.05, 4.69) is 5.32 Å². The smallest absolute Gasteiger partial charge is 0.243 e. The lowest BCUT2D eigenvalue weighted by atomic mass is 10.1. The van der Waals surface area contributed by atoms with Crippen molar-refractivity contribution in [2.24, 2.45) is 0 Å². The van der Waals surface area contributed by atoms with E-state index in [4.69, 9.17) is 16.3 Å². The van der Waals surface area contributed by atoms with Crippen molar-refractivity contribution in [2.45, 2.75) is 32.2 Å². The molecule has 8 heteroatoms. The minimum atomic E-state index is -3.66. The van der Waals surface area contributed by atoms with Gasteiger partial charge in [-0.25, -0.2) is 8.42 Å². The summed E-state index contributed by atoms with van der Waals surface area (Å²) in [6.07, 6.45) is 2.87. The van der Waals surface area contributed by atoms with Crippen molar-refractivity contribution in [3.05, 3.63) is 59.1 Å². The molecule has 29 heavy (non-hydrogen) atoms. The van der Waals surface area contributed by atoms with Gasteiger partial charge in [0.05, 0.1) is 19.1 Å². The van der Waals surface area contributed by atoms with Crippen LogP contribution in [0.4, 0.5) is 5.69 Å². The molecular formula is C21H27ClN2O4S. The van der Waals surface area contributed by atoms with E-state index in [1.165, 1.54) is 7.11 Å². The van der Waals surface area contributed by atoms with Crippen molar-refractivity contribution in [1.29, 1.82) is 0 Å². The highest BCUT2D eigenvalue weighted by molar-refractivity contribution is 7.92. The first-order valence-electron chi connectivity index (χ1n) is 9.42. The van der Waals surface area contributed by atoms with Gasteiger partial charge in [0.15, 0.2) is 0 Å². The molecule has 0 aliphatic heterocycles. The number of sulfonamides is 1. The summed E-state index contributed by atoms with van der Waals surface area (Å²) < 4.78 is 31.2. The number of methoxy groups -OCH3 is 1. The summed E-state index contributed by atoms with van der Waals surface area (Å²) in [4.78, 5) is 12.8. The van der Waals surface area contributed by atoms with Crippen molar-refractivity contribution in [1.82, 2.24) is 5.32 Å². The quantitative estimate of drug-likeness (QED) is 0.574. The second-order valence-electron chi connectivity index (χ2n) is 6.67. The Hall–Kier alpha value is -2.25. The van der Waals surface area contributed by atoms with Crippen molar-refractivity contribution in [3.63, 3.8) is 0 Å². The number of anilines is 1. The number of amides is 1. The molecule has 0 bridgehead atoms. The molecule has 0 aromatic heterocycles. The van der Waals surface area contributed by atoms with Crippen LogP contribution < -0.4 is 14.4 Å². The molecule has 2 aromatic rings. The molecule has 6 nitrogen and oxygen atoms in total. The van der Waals surface area contributed by atoms with Crippen molar-refractivity contribution < 1.29 is 17.9 Å². The molecule has 158 valence electrons. The van der Waals surface area contributed by atoms with Gasteiger partial charge in [0.1, 0.15) is 11.8 Å². The minimum Gasteiger partial charge on any atom is -0.497 e. The average molecular weight is 439 g/mol. The van der Waals surface area contributed by atoms with Crippen LogP contribution in [0.1, 0.15) is 25.3 Å². The number of ether oxygens (including phenoxy) is 1. The highest BCUT2D eigenvalue weighted by Crippen LogP contribution is 2.25. The molecule has 2 aromatic carbocycles. The molecule has 0 spiro atoms. The van der Waals surface area contributed by atoms with E-state index in [1.807, 2.05) is 24.3 Å². The fourth-order valence-electron chi connectivity index (χ4n) is 3.10. The lowest BCUT2D eigenvalue weighted by molar-refractivity contribution is -0.122. The maximum absolute atomic E-state index is 12.8. The highest BCUT2D eigenvalue weighted by atomic mass is 35.5. The van der Waals surface area contributed by atoms with Crippen LogP contribution in [0.25, 0.3) is 0 Å². The average Bonchev–Trinajstić information content (AvgIpc) is 2.69. The van der Waals surface area contributed by atoms with Crippen LogP contribution >= 0.6 is 11.6 Å². The number of rotatable bonds is 10. The maximum Gasteiger partial charge on any atom is 0.243 e. The van der Waals surface area contributed by atoms with Gasteiger partial charge in [-0.05, 0) is 55.2 Å². The Labute approximate surface area is 177 Å². The van der Waals surface area contributed by atoms with E-state index in [0.717, 1.165) is 22.5 Å². The zero-order chi connectivity index (χ0) is 21.4. The van der Waals surface area contributed by atoms with Gasteiger partial charge in [-0.15, -0.1) is 0 Å². The SMILES string of the molecule is CC[C@H](C(=O)NCCCc1ccccc1Cl)N(c1ccc(OC)cc1)S(C)(=O)=O. The number of hydrogen-bond acceptors (Lipinski definition) is 4. The van der Waals surface area contributed by atoms with Crippen molar-refractivity contribution >= 4 is 33.2 Å². The Morgan fingerprint density at radius 2 is 1.83 bits per heavy atom. The highest BCUT2D eigenvalue weighted by Gasteiger charge is 2.31. The van der Waals surface area contributed by atoms with Gasteiger partial charge in [-0.3, -0.25) is 9.10 Å². The Balaban J connectivity index is 2.06. The van der Waals surface area contributed by atoms with E-state index in [1.54, 1.807) is 31.2 Å². The van der Waals surface area contributed by atoms with Crippen molar-refractivity contribution in [2.75, 3.05) is 24.2 Å². The molecule has 0 unspecified atom stereocenters. The third-order valence-corrected chi connectivity index (χ3v) is 6.09.